The zero-order valence-corrected chi connectivity index (χ0v) is 14.1. The lowest BCUT2D eigenvalue weighted by molar-refractivity contribution is -0.122. The minimum absolute atomic E-state index is 0.0644. The van der Waals surface area contributed by atoms with Gasteiger partial charge in [0, 0.05) is 12.5 Å². The van der Waals surface area contributed by atoms with Crippen molar-refractivity contribution >= 4 is 29.2 Å². The number of nitrogens with zero attached hydrogens (tertiary/aromatic N) is 1. The molecule has 0 saturated carbocycles. The Balaban J connectivity index is 1.76. The number of fused-ring (bicyclic) bond motifs is 1. The SMILES string of the molecule is C[C@@H]1CC(=O)Nc2ccccc2N1C(=O)COC(=O)c1cccc(O)c1. The predicted molar refractivity (Wildman–Crippen MR) is 95.0 cm³/mol. The maximum atomic E-state index is 12.7. The van der Waals surface area contributed by atoms with Crippen LogP contribution in [0.3, 0.4) is 0 Å². The van der Waals surface area contributed by atoms with Gasteiger partial charge in [-0.1, -0.05) is 18.2 Å². The van der Waals surface area contributed by atoms with Crippen LogP contribution in [0.5, 0.6) is 5.75 Å². The zero-order valence-electron chi connectivity index (χ0n) is 14.1. The molecule has 2 amide bonds. The quantitative estimate of drug-likeness (QED) is 0.825. The molecule has 2 aromatic rings. The molecule has 0 aliphatic carbocycles. The molecule has 134 valence electrons. The standard InChI is InChI=1S/C19H18N2O5/c1-12-9-17(23)20-15-7-2-3-8-16(15)21(12)18(24)11-26-19(25)13-5-4-6-14(22)10-13/h2-8,10,12,22H,9,11H2,1H3,(H,20,23)/t12-/m1/s1. The van der Waals surface area contributed by atoms with Gasteiger partial charge in [0.05, 0.1) is 16.9 Å². The number of phenolic OH excluding ortho intramolecular Hbond substituents is 1. The molecule has 1 aliphatic rings. The van der Waals surface area contributed by atoms with Crippen molar-refractivity contribution in [3.8, 4) is 5.75 Å². The highest BCUT2D eigenvalue weighted by Gasteiger charge is 2.30. The van der Waals surface area contributed by atoms with Crippen molar-refractivity contribution in [1.82, 2.24) is 0 Å². The van der Waals surface area contributed by atoms with Crippen LogP contribution in [-0.2, 0) is 14.3 Å². The number of rotatable bonds is 3. The third-order valence-electron chi connectivity index (χ3n) is 4.04. The van der Waals surface area contributed by atoms with E-state index in [1.165, 1.54) is 29.2 Å². The number of para-hydroxylation sites is 2. The largest absolute Gasteiger partial charge is 0.508 e. The van der Waals surface area contributed by atoms with E-state index in [9.17, 15) is 19.5 Å². The van der Waals surface area contributed by atoms with Crippen molar-refractivity contribution in [2.45, 2.75) is 19.4 Å². The second-order valence-electron chi connectivity index (χ2n) is 6.01. The number of phenols is 1. The van der Waals surface area contributed by atoms with Crippen LogP contribution in [-0.4, -0.2) is 35.5 Å². The molecule has 0 saturated heterocycles. The van der Waals surface area contributed by atoms with E-state index in [2.05, 4.69) is 5.32 Å². The number of nitrogens with one attached hydrogen (secondary N) is 1. The lowest BCUT2D eigenvalue weighted by Crippen LogP contribution is -2.41. The Morgan fingerprint density at radius 2 is 2.00 bits per heavy atom. The number of hydrogen-bond donors (Lipinski definition) is 2. The molecule has 1 atom stereocenters. The van der Waals surface area contributed by atoms with Crippen molar-refractivity contribution in [2.24, 2.45) is 0 Å². The topological polar surface area (TPSA) is 95.9 Å². The van der Waals surface area contributed by atoms with Crippen LogP contribution in [0.25, 0.3) is 0 Å². The fourth-order valence-corrected chi connectivity index (χ4v) is 2.88. The maximum absolute atomic E-state index is 12.7. The summed E-state index contributed by atoms with van der Waals surface area (Å²) in [6.45, 7) is 1.29. The molecule has 7 nitrogen and oxygen atoms in total. The first-order chi connectivity index (χ1) is 12.5. The normalized spacial score (nSPS) is 16.3. The van der Waals surface area contributed by atoms with Crippen LogP contribution in [0.15, 0.2) is 48.5 Å². The summed E-state index contributed by atoms with van der Waals surface area (Å²) in [5.74, 6) is -1.39. The summed E-state index contributed by atoms with van der Waals surface area (Å²) in [5, 5.41) is 12.2. The Morgan fingerprint density at radius 1 is 1.23 bits per heavy atom. The summed E-state index contributed by atoms with van der Waals surface area (Å²) in [7, 11) is 0. The van der Waals surface area contributed by atoms with Gasteiger partial charge in [0.15, 0.2) is 6.61 Å². The number of ether oxygens (including phenoxy) is 1. The average molecular weight is 354 g/mol. The average Bonchev–Trinajstić information content (AvgIpc) is 2.73. The van der Waals surface area contributed by atoms with Crippen LogP contribution in [0.2, 0.25) is 0 Å². The van der Waals surface area contributed by atoms with Crippen molar-refractivity contribution in [3.63, 3.8) is 0 Å². The van der Waals surface area contributed by atoms with E-state index < -0.39 is 18.5 Å². The Hall–Kier alpha value is -3.35. The van der Waals surface area contributed by atoms with Crippen LogP contribution in [0.1, 0.15) is 23.7 Å². The third kappa shape index (κ3) is 3.66. The molecule has 26 heavy (non-hydrogen) atoms. The zero-order chi connectivity index (χ0) is 18.7. The minimum atomic E-state index is -0.709. The van der Waals surface area contributed by atoms with Gasteiger partial charge in [-0.25, -0.2) is 4.79 Å². The number of carbonyl (C=O) groups excluding carboxylic acids is 3. The molecule has 1 heterocycles. The highest BCUT2D eigenvalue weighted by molar-refractivity contribution is 6.05. The van der Waals surface area contributed by atoms with Crippen molar-refractivity contribution in [1.29, 1.82) is 0 Å². The highest BCUT2D eigenvalue weighted by Crippen LogP contribution is 2.31. The van der Waals surface area contributed by atoms with Gasteiger partial charge >= 0.3 is 5.97 Å². The van der Waals surface area contributed by atoms with E-state index in [1.807, 2.05) is 0 Å². The van der Waals surface area contributed by atoms with Crippen molar-refractivity contribution in [2.75, 3.05) is 16.8 Å². The van der Waals surface area contributed by atoms with E-state index in [4.69, 9.17) is 4.74 Å². The smallest absolute Gasteiger partial charge is 0.338 e. The molecule has 0 spiro atoms. The minimum Gasteiger partial charge on any atom is -0.508 e. The van der Waals surface area contributed by atoms with Gasteiger partial charge < -0.3 is 20.1 Å². The number of benzene rings is 2. The van der Waals surface area contributed by atoms with Gasteiger partial charge in [0.2, 0.25) is 5.91 Å². The van der Waals surface area contributed by atoms with Gasteiger partial charge in [-0.2, -0.15) is 0 Å². The first-order valence-electron chi connectivity index (χ1n) is 8.13. The molecule has 3 rings (SSSR count). The second-order valence-corrected chi connectivity index (χ2v) is 6.01. The molecule has 0 fully saturated rings. The summed E-state index contributed by atoms with van der Waals surface area (Å²) in [5.41, 5.74) is 1.25. The number of anilines is 2. The lowest BCUT2D eigenvalue weighted by atomic mass is 10.1. The van der Waals surface area contributed by atoms with E-state index in [1.54, 1.807) is 31.2 Å². The van der Waals surface area contributed by atoms with Crippen LogP contribution < -0.4 is 10.2 Å². The molecule has 0 radical (unpaired) electrons. The highest BCUT2D eigenvalue weighted by atomic mass is 16.5. The van der Waals surface area contributed by atoms with E-state index in [0.717, 1.165) is 0 Å². The molecule has 0 aromatic heterocycles. The fraction of sp³-hybridized carbons (Fsp3) is 0.211. The number of esters is 1. The molecule has 2 aromatic carbocycles. The van der Waals surface area contributed by atoms with Crippen LogP contribution in [0.4, 0.5) is 11.4 Å². The lowest BCUT2D eigenvalue weighted by Gasteiger charge is -2.27. The molecule has 7 heteroatoms. The van der Waals surface area contributed by atoms with Crippen LogP contribution in [0, 0.1) is 0 Å². The molecular formula is C19H18N2O5. The number of hydrogen-bond acceptors (Lipinski definition) is 5. The maximum Gasteiger partial charge on any atom is 0.338 e. The van der Waals surface area contributed by atoms with E-state index >= 15 is 0 Å². The Labute approximate surface area is 150 Å². The first kappa shape index (κ1) is 17.5. The summed E-state index contributed by atoms with van der Waals surface area (Å²) < 4.78 is 5.08. The van der Waals surface area contributed by atoms with Crippen molar-refractivity contribution < 1.29 is 24.2 Å². The Kier molecular flexibility index (Phi) is 4.88. The first-order valence-corrected chi connectivity index (χ1v) is 8.13. The number of amides is 2. The second kappa shape index (κ2) is 7.26. The summed E-state index contributed by atoms with van der Waals surface area (Å²) in [6.07, 6.45) is 0.140. The van der Waals surface area contributed by atoms with Gasteiger partial charge in [0.25, 0.3) is 5.91 Å². The summed E-state index contributed by atoms with van der Waals surface area (Å²) in [6, 6.07) is 12.3. The monoisotopic (exact) mass is 354 g/mol. The number of aromatic hydroxyl groups is 1. The Bertz CT molecular complexity index is 865. The molecule has 2 N–H and O–H groups in total. The molecule has 0 bridgehead atoms. The molecule has 0 unspecified atom stereocenters. The molecule has 1 aliphatic heterocycles. The van der Waals surface area contributed by atoms with Gasteiger partial charge in [-0.3, -0.25) is 9.59 Å². The summed E-state index contributed by atoms with van der Waals surface area (Å²) in [4.78, 5) is 38.2. The van der Waals surface area contributed by atoms with Gasteiger partial charge in [-0.15, -0.1) is 0 Å². The Morgan fingerprint density at radius 3 is 2.77 bits per heavy atom. The van der Waals surface area contributed by atoms with E-state index in [-0.39, 0.29) is 29.7 Å². The van der Waals surface area contributed by atoms with Gasteiger partial charge in [0.1, 0.15) is 5.75 Å². The third-order valence-corrected chi connectivity index (χ3v) is 4.04. The van der Waals surface area contributed by atoms with Crippen LogP contribution >= 0.6 is 0 Å². The number of carbonyl (C=O) groups is 3. The van der Waals surface area contributed by atoms with Gasteiger partial charge in [-0.05, 0) is 37.3 Å². The summed E-state index contributed by atoms with van der Waals surface area (Å²) >= 11 is 0. The van der Waals surface area contributed by atoms with Crippen molar-refractivity contribution in [3.05, 3.63) is 54.1 Å². The predicted octanol–water partition coefficient (Wildman–Crippen LogP) is 2.31. The molecular weight excluding hydrogens is 336 g/mol. The van der Waals surface area contributed by atoms with E-state index in [0.29, 0.717) is 11.4 Å². The fourth-order valence-electron chi connectivity index (χ4n) is 2.88.